The first kappa shape index (κ1) is 33.7. The molecule has 16 heteroatoms. The van der Waals surface area contributed by atoms with Crippen LogP contribution in [0.5, 0.6) is 11.5 Å². The van der Waals surface area contributed by atoms with Crippen molar-refractivity contribution in [3.8, 4) is 11.5 Å². The number of carbonyl (C=O) groups is 1. The standard InChI is InChI=1S/C26H24F3N3O7S2.Na.H/c1-16-20(30-12-11-22(16)39-15-26(27,28)29)14-40(35)25-31-19-5-3-4-6-21(19)32(25)41(36,37)18-8-9-23(38-2)17(13-18)7-10-24(33)34;;/h3-6,8-9,11-13H,7,10,14-15H2,1-2H3,(H,33,34);;. The van der Waals surface area contributed by atoms with Crippen LogP contribution >= 0.6 is 0 Å². The fraction of sp³-hybridized carbons (Fsp3) is 0.269. The van der Waals surface area contributed by atoms with Crippen LogP contribution in [0.1, 0.15) is 23.2 Å². The van der Waals surface area contributed by atoms with E-state index in [1.165, 1.54) is 50.6 Å². The molecule has 1 unspecified atom stereocenters. The summed E-state index contributed by atoms with van der Waals surface area (Å²) in [6.45, 7) is -0.0638. The quantitative estimate of drug-likeness (QED) is 0.193. The summed E-state index contributed by atoms with van der Waals surface area (Å²) in [5.74, 6) is -1.23. The van der Waals surface area contributed by atoms with Gasteiger partial charge >= 0.3 is 46.9 Å². The number of alkyl halides is 3. The van der Waals surface area contributed by atoms with E-state index in [1.807, 2.05) is 0 Å². The predicted octanol–water partition coefficient (Wildman–Crippen LogP) is 3.60. The van der Waals surface area contributed by atoms with Crippen LogP contribution in [0, 0.1) is 6.92 Å². The van der Waals surface area contributed by atoms with E-state index in [1.54, 1.807) is 18.2 Å². The molecule has 0 aliphatic heterocycles. The molecule has 0 aliphatic carbocycles. The molecular weight excluding hydrogens is 610 g/mol. The van der Waals surface area contributed by atoms with E-state index in [2.05, 4.69) is 9.97 Å². The van der Waals surface area contributed by atoms with Crippen molar-refractivity contribution in [2.24, 2.45) is 0 Å². The monoisotopic (exact) mass is 635 g/mol. The van der Waals surface area contributed by atoms with Crippen molar-refractivity contribution in [3.63, 3.8) is 0 Å². The Bertz CT molecular complexity index is 1700. The van der Waals surface area contributed by atoms with Gasteiger partial charge in [-0.15, -0.1) is 0 Å². The molecule has 0 spiro atoms. The number of methoxy groups -OCH3 is 1. The van der Waals surface area contributed by atoms with E-state index in [0.717, 1.165) is 3.97 Å². The molecule has 2 aromatic carbocycles. The third kappa shape index (κ3) is 7.57. The summed E-state index contributed by atoms with van der Waals surface area (Å²) in [7, 11) is -3.06. The molecule has 0 fully saturated rings. The molecule has 0 saturated heterocycles. The van der Waals surface area contributed by atoms with Crippen LogP contribution in [0.15, 0.2) is 64.8 Å². The Morgan fingerprint density at radius 1 is 1.14 bits per heavy atom. The zero-order chi connectivity index (χ0) is 29.9. The molecule has 1 N–H and O–H groups in total. The molecule has 42 heavy (non-hydrogen) atoms. The number of fused-ring (bicyclic) bond motifs is 1. The molecule has 4 rings (SSSR count). The van der Waals surface area contributed by atoms with Gasteiger partial charge in [-0.05, 0) is 55.3 Å². The van der Waals surface area contributed by atoms with Gasteiger partial charge in [-0.3, -0.25) is 9.78 Å². The number of pyridine rings is 1. The molecule has 0 bridgehead atoms. The van der Waals surface area contributed by atoms with Gasteiger partial charge in [0.2, 0.25) is 0 Å². The summed E-state index contributed by atoms with van der Waals surface area (Å²) in [5.41, 5.74) is 1.09. The molecule has 1 atom stereocenters. The van der Waals surface area contributed by atoms with Gasteiger partial charge in [0, 0.05) is 29.4 Å². The van der Waals surface area contributed by atoms with Crippen molar-refractivity contribution >= 4 is 67.8 Å². The number of benzene rings is 2. The van der Waals surface area contributed by atoms with Gasteiger partial charge in [-0.1, -0.05) is 12.1 Å². The zero-order valence-electron chi connectivity index (χ0n) is 21.7. The molecule has 2 aromatic heterocycles. The first-order valence-corrected chi connectivity index (χ1v) is 14.7. The number of nitrogens with zero attached hydrogens (tertiary/aromatic N) is 3. The van der Waals surface area contributed by atoms with Gasteiger partial charge in [-0.25, -0.2) is 8.42 Å². The molecule has 0 radical (unpaired) electrons. The van der Waals surface area contributed by atoms with Gasteiger partial charge in [0.05, 0.1) is 28.7 Å². The van der Waals surface area contributed by atoms with Gasteiger partial charge in [0.25, 0.3) is 10.0 Å². The summed E-state index contributed by atoms with van der Waals surface area (Å²) in [5, 5.41) is 8.77. The van der Waals surface area contributed by atoms with Gasteiger partial charge in [-0.2, -0.15) is 22.1 Å². The number of hydrogen-bond acceptors (Lipinski definition) is 8. The van der Waals surface area contributed by atoms with Crippen LogP contribution in [0.25, 0.3) is 11.0 Å². The summed E-state index contributed by atoms with van der Waals surface area (Å²) in [6.07, 6.45) is -3.61. The van der Waals surface area contributed by atoms with Crippen molar-refractivity contribution in [1.82, 2.24) is 13.9 Å². The Labute approximate surface area is 264 Å². The third-order valence-electron chi connectivity index (χ3n) is 6.01. The topological polar surface area (TPSA) is 144 Å². The van der Waals surface area contributed by atoms with Crippen LogP contribution < -0.4 is 9.47 Å². The van der Waals surface area contributed by atoms with Crippen LogP contribution in [-0.2, 0) is 38.2 Å². The molecule has 2 heterocycles. The Morgan fingerprint density at radius 2 is 1.86 bits per heavy atom. The number of para-hydroxylation sites is 2. The average molecular weight is 636 g/mol. The third-order valence-corrected chi connectivity index (χ3v) is 9.04. The number of ether oxygens (including phenoxy) is 2. The van der Waals surface area contributed by atoms with Crippen molar-refractivity contribution in [2.75, 3.05) is 13.7 Å². The molecule has 0 amide bonds. The SMILES string of the molecule is COc1ccc(S(=O)(=O)n2c([S+]([O-])Cc3nccc(OCC(F)(F)F)c3C)nc3ccccc32)cc1CCC(=O)O.[NaH]. The van der Waals surface area contributed by atoms with Crippen LogP contribution in [0.2, 0.25) is 0 Å². The second-order valence-electron chi connectivity index (χ2n) is 8.79. The minimum absolute atomic E-state index is 0. The van der Waals surface area contributed by atoms with Gasteiger partial charge in [0.1, 0.15) is 11.5 Å². The second-order valence-corrected chi connectivity index (χ2v) is 11.9. The first-order chi connectivity index (χ1) is 19.3. The summed E-state index contributed by atoms with van der Waals surface area (Å²) in [4.78, 5) is 19.3. The number of imidazole rings is 1. The zero-order valence-corrected chi connectivity index (χ0v) is 23.3. The van der Waals surface area contributed by atoms with E-state index < -0.39 is 40.0 Å². The first-order valence-electron chi connectivity index (χ1n) is 12.0. The van der Waals surface area contributed by atoms with Crippen molar-refractivity contribution < 1.29 is 45.5 Å². The van der Waals surface area contributed by atoms with E-state index in [0.29, 0.717) is 11.3 Å². The fourth-order valence-corrected chi connectivity index (χ4v) is 7.12. The van der Waals surface area contributed by atoms with E-state index >= 15 is 0 Å². The van der Waals surface area contributed by atoms with E-state index in [9.17, 15) is 30.9 Å². The number of halogens is 3. The second kappa shape index (κ2) is 13.7. The summed E-state index contributed by atoms with van der Waals surface area (Å²) in [6, 6.07) is 11.5. The Morgan fingerprint density at radius 3 is 2.52 bits per heavy atom. The molecule has 0 aliphatic rings. The molecule has 220 valence electrons. The number of aliphatic carboxylic acids is 1. The number of aromatic nitrogens is 3. The number of carboxylic acid groups (broad SMARTS) is 1. The van der Waals surface area contributed by atoms with Crippen molar-refractivity contribution in [1.29, 1.82) is 0 Å². The maximum atomic E-state index is 14.0. The summed E-state index contributed by atoms with van der Waals surface area (Å²) >= 11 is -2.13. The predicted molar refractivity (Wildman–Crippen MR) is 149 cm³/mol. The van der Waals surface area contributed by atoms with Gasteiger partial charge < -0.3 is 19.1 Å². The number of carboxylic acids is 1. The van der Waals surface area contributed by atoms with E-state index in [-0.39, 0.29) is 86.2 Å². The number of hydrogen-bond donors (Lipinski definition) is 1. The Hall–Kier alpha value is -2.82. The minimum atomic E-state index is -4.56. The average Bonchev–Trinajstić information content (AvgIpc) is 3.32. The molecule has 0 saturated carbocycles. The van der Waals surface area contributed by atoms with Gasteiger partial charge in [0.15, 0.2) is 12.4 Å². The fourth-order valence-electron chi connectivity index (χ4n) is 4.02. The maximum absolute atomic E-state index is 14.0. The van der Waals surface area contributed by atoms with Crippen LogP contribution in [0.3, 0.4) is 0 Å². The van der Waals surface area contributed by atoms with Crippen LogP contribution in [-0.4, -0.2) is 87.4 Å². The molecular formula is C26H25F3N3NaO7S2. The molecule has 4 aromatic rings. The number of rotatable bonds is 11. The Balaban J connectivity index is 0.00000484. The van der Waals surface area contributed by atoms with E-state index in [4.69, 9.17) is 14.6 Å². The van der Waals surface area contributed by atoms with Crippen molar-refractivity contribution in [2.45, 2.75) is 41.7 Å². The number of aryl methyl sites for hydroxylation is 1. The normalized spacial score (nSPS) is 12.5. The van der Waals surface area contributed by atoms with Crippen molar-refractivity contribution in [3.05, 3.63) is 71.5 Å². The van der Waals surface area contributed by atoms with Crippen LogP contribution in [0.4, 0.5) is 13.2 Å². The Kier molecular flexibility index (Phi) is 10.9. The summed E-state index contributed by atoms with van der Waals surface area (Å²) < 4.78 is 90.5. The molecule has 10 nitrogen and oxygen atoms in total.